The number of carbonyl (C=O) groups is 1. The number of aromatic nitrogens is 2. The fraction of sp³-hybridized carbons (Fsp3) is 0.333. The zero-order chi connectivity index (χ0) is 16.1. The van der Waals surface area contributed by atoms with Crippen molar-refractivity contribution in [2.24, 2.45) is 7.05 Å². The van der Waals surface area contributed by atoms with Crippen LogP contribution in [0.2, 0.25) is 10.0 Å². The average molecular weight is 341 g/mol. The Hall–Kier alpha value is -1.56. The Labute approximate surface area is 139 Å². The van der Waals surface area contributed by atoms with E-state index >= 15 is 0 Å². The van der Waals surface area contributed by atoms with Gasteiger partial charge in [0.1, 0.15) is 6.04 Å². The molecule has 7 heteroatoms. The van der Waals surface area contributed by atoms with Gasteiger partial charge in [0, 0.05) is 35.4 Å². The van der Waals surface area contributed by atoms with Gasteiger partial charge in [-0.05, 0) is 31.2 Å². The number of likely N-dealkylation sites (N-methyl/N-ethyl adjacent to an activating group) is 1. The molecule has 0 fully saturated rings. The number of nitrogens with zero attached hydrogens (tertiary/aromatic N) is 2. The largest absolute Gasteiger partial charge is 0.354 e. The van der Waals surface area contributed by atoms with Crippen molar-refractivity contribution >= 4 is 29.1 Å². The van der Waals surface area contributed by atoms with Crippen molar-refractivity contribution in [3.63, 3.8) is 0 Å². The molecule has 1 unspecified atom stereocenters. The van der Waals surface area contributed by atoms with Gasteiger partial charge in [0.2, 0.25) is 5.91 Å². The first kappa shape index (κ1) is 16.8. The Kier molecular flexibility index (Phi) is 5.83. The second-order valence-corrected chi connectivity index (χ2v) is 5.72. The molecule has 5 nitrogen and oxygen atoms in total. The molecule has 22 heavy (non-hydrogen) atoms. The van der Waals surface area contributed by atoms with Crippen LogP contribution in [0.5, 0.6) is 0 Å². The first-order valence-electron chi connectivity index (χ1n) is 6.89. The standard InChI is InChI=1S/C15H18Cl2N4O/c1-18-14(10-8-20-21(2)9-10)15(22)19-7-6-11-12(16)4-3-5-13(11)17/h3-5,8-9,14,18H,6-7H2,1-2H3,(H,19,22). The zero-order valence-electron chi connectivity index (χ0n) is 12.4. The van der Waals surface area contributed by atoms with Crippen LogP contribution >= 0.6 is 23.2 Å². The van der Waals surface area contributed by atoms with Crippen molar-refractivity contribution in [3.05, 3.63) is 51.8 Å². The van der Waals surface area contributed by atoms with Crippen molar-refractivity contribution in [1.29, 1.82) is 0 Å². The summed E-state index contributed by atoms with van der Waals surface area (Å²) in [7, 11) is 3.55. The minimum absolute atomic E-state index is 0.112. The third-order valence-electron chi connectivity index (χ3n) is 3.34. The van der Waals surface area contributed by atoms with E-state index in [4.69, 9.17) is 23.2 Å². The number of rotatable bonds is 6. The second-order valence-electron chi connectivity index (χ2n) is 4.91. The second kappa shape index (κ2) is 7.63. The summed E-state index contributed by atoms with van der Waals surface area (Å²) < 4.78 is 1.66. The number of hydrogen-bond donors (Lipinski definition) is 2. The van der Waals surface area contributed by atoms with Gasteiger partial charge in [0.25, 0.3) is 0 Å². The van der Waals surface area contributed by atoms with Gasteiger partial charge in [-0.25, -0.2) is 0 Å². The third-order valence-corrected chi connectivity index (χ3v) is 4.05. The van der Waals surface area contributed by atoms with Crippen molar-refractivity contribution in [3.8, 4) is 0 Å². The molecular weight excluding hydrogens is 323 g/mol. The van der Waals surface area contributed by atoms with Gasteiger partial charge in [0.15, 0.2) is 0 Å². The van der Waals surface area contributed by atoms with E-state index in [1.165, 1.54) is 0 Å². The molecule has 0 radical (unpaired) electrons. The molecule has 0 aliphatic rings. The summed E-state index contributed by atoms with van der Waals surface area (Å²) in [6.45, 7) is 0.459. The Morgan fingerprint density at radius 1 is 1.36 bits per heavy atom. The quantitative estimate of drug-likeness (QED) is 0.848. The molecule has 0 saturated carbocycles. The fourth-order valence-electron chi connectivity index (χ4n) is 2.22. The molecule has 1 atom stereocenters. The summed E-state index contributed by atoms with van der Waals surface area (Å²) >= 11 is 12.2. The topological polar surface area (TPSA) is 59.0 Å². The number of benzene rings is 1. The van der Waals surface area contributed by atoms with E-state index in [9.17, 15) is 4.79 Å². The molecule has 1 aromatic carbocycles. The predicted octanol–water partition coefficient (Wildman–Crippen LogP) is 2.35. The van der Waals surface area contributed by atoms with E-state index in [0.717, 1.165) is 11.1 Å². The highest BCUT2D eigenvalue weighted by atomic mass is 35.5. The number of nitrogens with one attached hydrogen (secondary N) is 2. The lowest BCUT2D eigenvalue weighted by Crippen LogP contribution is -2.36. The van der Waals surface area contributed by atoms with E-state index in [-0.39, 0.29) is 5.91 Å². The van der Waals surface area contributed by atoms with Gasteiger partial charge in [-0.15, -0.1) is 0 Å². The molecule has 2 N–H and O–H groups in total. The molecule has 0 aliphatic heterocycles. The van der Waals surface area contributed by atoms with Gasteiger partial charge in [-0.3, -0.25) is 9.48 Å². The normalized spacial score (nSPS) is 12.2. The third kappa shape index (κ3) is 4.00. The summed E-state index contributed by atoms with van der Waals surface area (Å²) in [5, 5.41) is 11.2. The highest BCUT2D eigenvalue weighted by Gasteiger charge is 2.19. The van der Waals surface area contributed by atoms with Gasteiger partial charge in [-0.2, -0.15) is 5.10 Å². The van der Waals surface area contributed by atoms with E-state index in [1.807, 2.05) is 13.2 Å². The maximum Gasteiger partial charge on any atom is 0.241 e. The van der Waals surface area contributed by atoms with Gasteiger partial charge in [-0.1, -0.05) is 29.3 Å². The number of carbonyl (C=O) groups excluding carboxylic acids is 1. The Morgan fingerprint density at radius 2 is 2.05 bits per heavy atom. The summed E-state index contributed by atoms with van der Waals surface area (Å²) in [6, 6.07) is 4.94. The van der Waals surface area contributed by atoms with E-state index < -0.39 is 6.04 Å². The molecule has 1 amide bonds. The van der Waals surface area contributed by atoms with Crippen LogP contribution in [0.25, 0.3) is 0 Å². The Bertz CT molecular complexity index is 636. The molecule has 0 saturated heterocycles. The van der Waals surface area contributed by atoms with Crippen molar-refractivity contribution in [2.75, 3.05) is 13.6 Å². The Morgan fingerprint density at radius 3 is 2.59 bits per heavy atom. The van der Waals surface area contributed by atoms with Crippen LogP contribution < -0.4 is 10.6 Å². The molecule has 0 aliphatic carbocycles. The summed E-state index contributed by atoms with van der Waals surface area (Å²) in [4.78, 5) is 12.3. The highest BCUT2D eigenvalue weighted by Crippen LogP contribution is 2.24. The number of amides is 1. The average Bonchev–Trinajstić information content (AvgIpc) is 2.89. The summed E-state index contributed by atoms with van der Waals surface area (Å²) in [5.74, 6) is -0.112. The summed E-state index contributed by atoms with van der Waals surface area (Å²) in [5.41, 5.74) is 1.66. The maximum atomic E-state index is 12.3. The number of halogens is 2. The van der Waals surface area contributed by atoms with Crippen LogP contribution in [0.4, 0.5) is 0 Å². The molecule has 1 heterocycles. The van der Waals surface area contributed by atoms with E-state index in [2.05, 4.69) is 15.7 Å². The summed E-state index contributed by atoms with van der Waals surface area (Å²) in [6.07, 6.45) is 4.06. The predicted molar refractivity (Wildman–Crippen MR) is 88.2 cm³/mol. The lowest BCUT2D eigenvalue weighted by Gasteiger charge is -2.15. The molecular formula is C15H18Cl2N4O. The molecule has 0 spiro atoms. The van der Waals surface area contributed by atoms with Crippen LogP contribution in [-0.2, 0) is 18.3 Å². The minimum atomic E-state index is -0.435. The van der Waals surface area contributed by atoms with Crippen LogP contribution in [0.15, 0.2) is 30.6 Å². The smallest absolute Gasteiger partial charge is 0.241 e. The SMILES string of the molecule is CNC(C(=O)NCCc1c(Cl)cccc1Cl)c1cnn(C)c1. The molecule has 2 aromatic rings. The Balaban J connectivity index is 1.94. The van der Waals surface area contributed by atoms with Crippen molar-refractivity contribution in [2.45, 2.75) is 12.5 Å². The van der Waals surface area contributed by atoms with Gasteiger partial charge >= 0.3 is 0 Å². The van der Waals surface area contributed by atoms with E-state index in [0.29, 0.717) is 23.0 Å². The lowest BCUT2D eigenvalue weighted by molar-refractivity contribution is -0.123. The maximum absolute atomic E-state index is 12.3. The number of hydrogen-bond acceptors (Lipinski definition) is 3. The molecule has 118 valence electrons. The first-order valence-corrected chi connectivity index (χ1v) is 7.65. The van der Waals surface area contributed by atoms with Crippen molar-refractivity contribution in [1.82, 2.24) is 20.4 Å². The monoisotopic (exact) mass is 340 g/mol. The van der Waals surface area contributed by atoms with Crippen molar-refractivity contribution < 1.29 is 4.79 Å². The van der Waals surface area contributed by atoms with Gasteiger partial charge in [0.05, 0.1) is 6.20 Å². The van der Waals surface area contributed by atoms with Crippen LogP contribution in [0, 0.1) is 0 Å². The molecule has 0 bridgehead atoms. The molecule has 1 aromatic heterocycles. The molecule has 2 rings (SSSR count). The first-order chi connectivity index (χ1) is 10.5. The lowest BCUT2D eigenvalue weighted by atomic mass is 10.1. The minimum Gasteiger partial charge on any atom is -0.354 e. The van der Waals surface area contributed by atoms with Gasteiger partial charge < -0.3 is 10.6 Å². The number of aryl methyl sites for hydroxylation is 1. The highest BCUT2D eigenvalue weighted by molar-refractivity contribution is 6.35. The zero-order valence-corrected chi connectivity index (χ0v) is 13.9. The fourth-order valence-corrected chi connectivity index (χ4v) is 2.81. The van der Waals surface area contributed by atoms with Crippen LogP contribution in [-0.4, -0.2) is 29.3 Å². The van der Waals surface area contributed by atoms with Crippen LogP contribution in [0.3, 0.4) is 0 Å². The van der Waals surface area contributed by atoms with E-state index in [1.54, 1.807) is 36.1 Å². The van der Waals surface area contributed by atoms with Crippen LogP contribution in [0.1, 0.15) is 17.2 Å².